The maximum Gasteiger partial charge on any atom is 0.337 e. The van der Waals surface area contributed by atoms with E-state index in [-0.39, 0.29) is 30.0 Å². The van der Waals surface area contributed by atoms with E-state index in [1.54, 1.807) is 13.2 Å². The molecule has 2 aromatic rings. The molecule has 0 N–H and O–H groups in total. The van der Waals surface area contributed by atoms with Gasteiger partial charge in [0.2, 0.25) is 0 Å². The van der Waals surface area contributed by atoms with Crippen LogP contribution in [0.2, 0.25) is 5.02 Å². The van der Waals surface area contributed by atoms with Crippen LogP contribution in [0.1, 0.15) is 66.4 Å². The Hall–Kier alpha value is -2.59. The standard InChI is InChI=1S/C35H44ClNO7S/c1-41-33(24-8-6-23(7-9-24)20-44-45(3,39)40)29-13-10-27(29)19-37-21-35(16-4-5-25-17-28(36)12-14-30(25)35)22-43-32-15-11-26(18-31(32)37)34(38)42-2/h8,11-12,14-15,17-18,23,27,29,33H,4-7,9-10,13,16,19-22H2,1-3H3/t23-,27+,29-,33?,35?/m1/s1. The Morgan fingerprint density at radius 3 is 2.67 bits per heavy atom. The molecule has 244 valence electrons. The summed E-state index contributed by atoms with van der Waals surface area (Å²) in [6, 6.07) is 11.9. The van der Waals surface area contributed by atoms with Crippen molar-refractivity contribution in [3.8, 4) is 5.75 Å². The van der Waals surface area contributed by atoms with Crippen LogP contribution in [0.4, 0.5) is 5.69 Å². The molecule has 0 aromatic heterocycles. The molecule has 1 aliphatic heterocycles. The van der Waals surface area contributed by atoms with Crippen LogP contribution < -0.4 is 9.64 Å². The van der Waals surface area contributed by atoms with Crippen molar-refractivity contribution in [1.29, 1.82) is 0 Å². The van der Waals surface area contributed by atoms with Crippen LogP contribution in [-0.4, -0.2) is 67.3 Å². The number of ether oxygens (including phenoxy) is 3. The number of nitrogens with zero attached hydrogens (tertiary/aromatic N) is 1. The Kier molecular flexibility index (Phi) is 9.53. The molecule has 2 unspecified atom stereocenters. The Morgan fingerprint density at radius 1 is 1.13 bits per heavy atom. The number of esters is 1. The molecule has 6 rings (SSSR count). The third kappa shape index (κ3) is 6.92. The number of methoxy groups -OCH3 is 2. The van der Waals surface area contributed by atoms with Gasteiger partial charge in [0.15, 0.2) is 0 Å². The van der Waals surface area contributed by atoms with Gasteiger partial charge in [-0.2, -0.15) is 8.42 Å². The largest absolute Gasteiger partial charge is 0.490 e. The maximum atomic E-state index is 12.6. The van der Waals surface area contributed by atoms with Crippen molar-refractivity contribution >= 4 is 33.4 Å². The lowest BCUT2D eigenvalue weighted by molar-refractivity contribution is 0.00284. The summed E-state index contributed by atoms with van der Waals surface area (Å²) < 4.78 is 45.9. The summed E-state index contributed by atoms with van der Waals surface area (Å²) in [6.07, 6.45) is 11.2. The topological polar surface area (TPSA) is 91.4 Å². The second kappa shape index (κ2) is 13.3. The predicted octanol–water partition coefficient (Wildman–Crippen LogP) is 6.34. The minimum absolute atomic E-state index is 0.0242. The molecule has 45 heavy (non-hydrogen) atoms. The van der Waals surface area contributed by atoms with Gasteiger partial charge in [0.25, 0.3) is 10.1 Å². The fourth-order valence-corrected chi connectivity index (χ4v) is 8.64. The first kappa shape index (κ1) is 32.4. The minimum atomic E-state index is -3.44. The van der Waals surface area contributed by atoms with Crippen molar-refractivity contribution in [3.05, 3.63) is 69.8 Å². The lowest BCUT2D eigenvalue weighted by atomic mass is 9.66. The molecular weight excluding hydrogens is 614 g/mol. The van der Waals surface area contributed by atoms with Crippen LogP contribution in [0, 0.1) is 17.8 Å². The van der Waals surface area contributed by atoms with Gasteiger partial charge >= 0.3 is 5.97 Å². The molecule has 0 saturated heterocycles. The van der Waals surface area contributed by atoms with Gasteiger partial charge in [-0.15, -0.1) is 0 Å². The van der Waals surface area contributed by atoms with Crippen molar-refractivity contribution in [2.45, 2.75) is 62.9 Å². The van der Waals surface area contributed by atoms with Crippen molar-refractivity contribution in [1.82, 2.24) is 0 Å². The van der Waals surface area contributed by atoms with Gasteiger partial charge < -0.3 is 19.1 Å². The van der Waals surface area contributed by atoms with E-state index in [2.05, 4.69) is 23.1 Å². The Bertz CT molecular complexity index is 1560. The van der Waals surface area contributed by atoms with Gasteiger partial charge in [0.1, 0.15) is 5.75 Å². The van der Waals surface area contributed by atoms with Crippen molar-refractivity contribution in [2.75, 3.05) is 51.7 Å². The molecule has 5 atom stereocenters. The predicted molar refractivity (Wildman–Crippen MR) is 175 cm³/mol. The molecule has 1 spiro atoms. The Morgan fingerprint density at radius 2 is 1.98 bits per heavy atom. The zero-order chi connectivity index (χ0) is 31.8. The van der Waals surface area contributed by atoms with Crippen LogP contribution in [0.3, 0.4) is 0 Å². The summed E-state index contributed by atoms with van der Waals surface area (Å²) in [6.45, 7) is 2.40. The first-order valence-corrected chi connectivity index (χ1v) is 18.2. The van der Waals surface area contributed by atoms with Gasteiger partial charge in [0.05, 0.1) is 43.9 Å². The average Bonchev–Trinajstić information content (AvgIpc) is 3.17. The first-order valence-electron chi connectivity index (χ1n) is 16.0. The summed E-state index contributed by atoms with van der Waals surface area (Å²) in [7, 11) is -0.229. The van der Waals surface area contributed by atoms with Crippen LogP contribution in [-0.2, 0) is 35.6 Å². The molecule has 0 amide bonds. The monoisotopic (exact) mass is 657 g/mol. The van der Waals surface area contributed by atoms with E-state index in [1.165, 1.54) is 23.8 Å². The lowest BCUT2D eigenvalue weighted by Crippen LogP contribution is -2.50. The number of rotatable bonds is 9. The molecule has 2 aromatic carbocycles. The zero-order valence-corrected chi connectivity index (χ0v) is 28.0. The molecule has 8 nitrogen and oxygen atoms in total. The fourth-order valence-electron chi connectivity index (χ4n) is 8.00. The SMILES string of the molecule is COC(=O)c1ccc2c(c1)N(C[C@@H]1CC[C@H]1C(OC)C1=CC[C@@H](COS(C)(=O)=O)CC1)CC1(CCCc3cc(Cl)ccc31)CO2. The summed E-state index contributed by atoms with van der Waals surface area (Å²) in [4.78, 5) is 15.0. The number of hydrogen-bond acceptors (Lipinski definition) is 8. The minimum Gasteiger partial charge on any atom is -0.490 e. The maximum absolute atomic E-state index is 12.6. The number of halogens is 1. The van der Waals surface area contributed by atoms with Gasteiger partial charge in [-0.3, -0.25) is 4.18 Å². The van der Waals surface area contributed by atoms with Gasteiger partial charge in [-0.25, -0.2) is 4.79 Å². The number of carbonyl (C=O) groups is 1. The van der Waals surface area contributed by atoms with E-state index >= 15 is 0 Å². The number of carbonyl (C=O) groups excluding carboxylic acids is 1. The number of hydrogen-bond donors (Lipinski definition) is 0. The number of aryl methyl sites for hydroxylation is 1. The highest BCUT2D eigenvalue weighted by Crippen LogP contribution is 2.48. The van der Waals surface area contributed by atoms with Crippen molar-refractivity contribution in [3.63, 3.8) is 0 Å². The Balaban J connectivity index is 1.26. The third-order valence-electron chi connectivity index (χ3n) is 10.5. The second-order valence-electron chi connectivity index (χ2n) is 13.3. The van der Waals surface area contributed by atoms with Crippen LogP contribution in [0.25, 0.3) is 0 Å². The molecule has 0 bridgehead atoms. The van der Waals surface area contributed by atoms with Crippen LogP contribution in [0.5, 0.6) is 5.75 Å². The molecular formula is C35H44ClNO7S. The molecule has 0 radical (unpaired) electrons. The van der Waals surface area contributed by atoms with E-state index in [4.69, 9.17) is 30.0 Å². The number of allylic oxidation sites excluding steroid dienone is 1. The van der Waals surface area contributed by atoms with Crippen molar-refractivity contribution in [2.24, 2.45) is 17.8 Å². The molecule has 3 aliphatic carbocycles. The van der Waals surface area contributed by atoms with Gasteiger partial charge in [-0.05, 0) is 116 Å². The summed E-state index contributed by atoms with van der Waals surface area (Å²) in [5, 5.41) is 0.761. The summed E-state index contributed by atoms with van der Waals surface area (Å²) in [5.74, 6) is 1.40. The molecule has 1 heterocycles. The first-order chi connectivity index (χ1) is 21.6. The van der Waals surface area contributed by atoms with Gasteiger partial charge in [0, 0.05) is 30.6 Å². The van der Waals surface area contributed by atoms with E-state index in [1.807, 2.05) is 18.2 Å². The van der Waals surface area contributed by atoms with E-state index in [0.29, 0.717) is 24.0 Å². The fraction of sp³-hybridized carbons (Fsp3) is 0.571. The smallest absolute Gasteiger partial charge is 0.337 e. The number of benzene rings is 2. The van der Waals surface area contributed by atoms with Crippen LogP contribution >= 0.6 is 11.6 Å². The van der Waals surface area contributed by atoms with Crippen LogP contribution in [0.15, 0.2) is 48.0 Å². The normalized spacial score (nSPS) is 26.9. The van der Waals surface area contributed by atoms with Crippen molar-refractivity contribution < 1.29 is 31.6 Å². The van der Waals surface area contributed by atoms with E-state index in [9.17, 15) is 13.2 Å². The number of anilines is 1. The van der Waals surface area contributed by atoms with E-state index < -0.39 is 10.1 Å². The van der Waals surface area contributed by atoms with E-state index in [0.717, 1.165) is 87.2 Å². The molecule has 4 aliphatic rings. The Labute approximate surface area is 272 Å². The molecule has 10 heteroatoms. The zero-order valence-electron chi connectivity index (χ0n) is 26.4. The second-order valence-corrected chi connectivity index (χ2v) is 15.4. The summed E-state index contributed by atoms with van der Waals surface area (Å²) >= 11 is 6.43. The molecule has 1 fully saturated rings. The highest BCUT2D eigenvalue weighted by Gasteiger charge is 2.45. The average molecular weight is 658 g/mol. The number of fused-ring (bicyclic) bond motifs is 3. The molecule has 1 saturated carbocycles. The quantitative estimate of drug-likeness (QED) is 0.175. The summed E-state index contributed by atoms with van der Waals surface area (Å²) in [5.41, 5.74) is 5.16. The lowest BCUT2D eigenvalue weighted by Gasteiger charge is -2.47. The third-order valence-corrected chi connectivity index (χ3v) is 11.3. The highest BCUT2D eigenvalue weighted by molar-refractivity contribution is 7.85. The highest BCUT2D eigenvalue weighted by atomic mass is 35.5. The van der Waals surface area contributed by atoms with Gasteiger partial charge in [-0.1, -0.05) is 23.7 Å².